The number of rotatable bonds is 4. The lowest BCUT2D eigenvalue weighted by Gasteiger charge is -1.95. The molecule has 0 bridgehead atoms. The fourth-order valence-corrected chi connectivity index (χ4v) is 1.29. The highest BCUT2D eigenvalue weighted by Crippen LogP contribution is 2.11. The molecule has 90 valence electrons. The molecule has 2 heterocycles. The van der Waals surface area contributed by atoms with E-state index in [4.69, 9.17) is 9.63 Å². The van der Waals surface area contributed by atoms with Crippen molar-refractivity contribution in [3.63, 3.8) is 0 Å². The van der Waals surface area contributed by atoms with Gasteiger partial charge in [-0.3, -0.25) is 0 Å². The summed E-state index contributed by atoms with van der Waals surface area (Å²) in [5, 5.41) is 12.5. The molecule has 17 heavy (non-hydrogen) atoms. The van der Waals surface area contributed by atoms with Crippen LogP contribution in [0.3, 0.4) is 0 Å². The topological polar surface area (TPSA) is 94.0 Å². The van der Waals surface area contributed by atoms with E-state index >= 15 is 0 Å². The summed E-state index contributed by atoms with van der Waals surface area (Å²) in [6.45, 7) is 4.25. The van der Waals surface area contributed by atoms with Crippen molar-refractivity contribution in [2.75, 3.05) is 0 Å². The van der Waals surface area contributed by atoms with Crippen LogP contribution in [0, 0.1) is 0 Å². The van der Waals surface area contributed by atoms with Crippen molar-refractivity contribution in [3.05, 3.63) is 29.9 Å². The molecule has 7 heteroatoms. The molecule has 2 aromatic rings. The number of hydrogen-bond donors (Lipinski definition) is 1. The van der Waals surface area contributed by atoms with Gasteiger partial charge in [0.25, 0.3) is 0 Å². The molecule has 0 atom stereocenters. The van der Waals surface area contributed by atoms with Gasteiger partial charge in [-0.05, 0) is 0 Å². The minimum Gasteiger partial charge on any atom is -0.476 e. The average Bonchev–Trinajstić information content (AvgIpc) is 2.87. The number of hydrogen-bond acceptors (Lipinski definition) is 5. The van der Waals surface area contributed by atoms with Gasteiger partial charge in [-0.15, -0.1) is 0 Å². The van der Waals surface area contributed by atoms with E-state index in [1.807, 2.05) is 13.8 Å². The van der Waals surface area contributed by atoms with E-state index < -0.39 is 5.97 Å². The number of imidazole rings is 1. The van der Waals surface area contributed by atoms with Gasteiger partial charge in [0.05, 0.1) is 12.9 Å². The maximum Gasteiger partial charge on any atom is 0.356 e. The molecule has 7 nitrogen and oxygen atoms in total. The van der Waals surface area contributed by atoms with Gasteiger partial charge in [0, 0.05) is 12.1 Å². The van der Waals surface area contributed by atoms with Gasteiger partial charge in [-0.2, -0.15) is 4.98 Å². The quantitative estimate of drug-likeness (QED) is 0.855. The summed E-state index contributed by atoms with van der Waals surface area (Å²) in [5.74, 6) is 0.190. The summed E-state index contributed by atoms with van der Waals surface area (Å²) < 4.78 is 6.64. The van der Waals surface area contributed by atoms with Gasteiger partial charge in [0.2, 0.25) is 5.89 Å². The Morgan fingerprint density at radius 3 is 2.88 bits per heavy atom. The normalized spacial score (nSPS) is 11.0. The highest BCUT2D eigenvalue weighted by atomic mass is 16.5. The molecule has 0 aromatic carbocycles. The van der Waals surface area contributed by atoms with Crippen molar-refractivity contribution < 1.29 is 14.4 Å². The van der Waals surface area contributed by atoms with Crippen LogP contribution in [0.1, 0.15) is 42.0 Å². The number of aromatic carboxylic acids is 1. The average molecular weight is 236 g/mol. The number of aromatic nitrogens is 4. The van der Waals surface area contributed by atoms with E-state index in [0.29, 0.717) is 18.3 Å². The minimum atomic E-state index is -1.06. The summed E-state index contributed by atoms with van der Waals surface area (Å²) in [7, 11) is 0. The lowest BCUT2D eigenvalue weighted by atomic mass is 10.2. The van der Waals surface area contributed by atoms with Crippen LogP contribution in [-0.4, -0.2) is 30.8 Å². The first-order valence-electron chi connectivity index (χ1n) is 5.14. The van der Waals surface area contributed by atoms with Crippen molar-refractivity contribution in [1.29, 1.82) is 0 Å². The summed E-state index contributed by atoms with van der Waals surface area (Å²) in [6.07, 6.45) is 2.85. The third-order valence-corrected chi connectivity index (χ3v) is 2.15. The number of carboxylic acids is 1. The molecule has 2 aromatic heterocycles. The highest BCUT2D eigenvalue weighted by Gasteiger charge is 2.11. The van der Waals surface area contributed by atoms with Crippen LogP contribution < -0.4 is 0 Å². The molecule has 0 unspecified atom stereocenters. The molecular weight excluding hydrogens is 224 g/mol. The summed E-state index contributed by atoms with van der Waals surface area (Å²) in [6, 6.07) is 0. The molecule has 0 spiro atoms. The monoisotopic (exact) mass is 236 g/mol. The Hall–Kier alpha value is -2.18. The van der Waals surface area contributed by atoms with Crippen molar-refractivity contribution in [2.24, 2.45) is 0 Å². The van der Waals surface area contributed by atoms with E-state index in [1.165, 1.54) is 12.5 Å². The van der Waals surface area contributed by atoms with Crippen LogP contribution in [0.2, 0.25) is 0 Å². The number of carboxylic acid groups (broad SMARTS) is 1. The zero-order valence-electron chi connectivity index (χ0n) is 9.49. The first-order chi connectivity index (χ1) is 8.06. The van der Waals surface area contributed by atoms with Gasteiger partial charge < -0.3 is 14.2 Å². The van der Waals surface area contributed by atoms with Crippen molar-refractivity contribution in [1.82, 2.24) is 19.7 Å². The first-order valence-corrected chi connectivity index (χ1v) is 5.14. The third-order valence-electron chi connectivity index (χ3n) is 2.15. The summed E-state index contributed by atoms with van der Waals surface area (Å²) in [5.41, 5.74) is -0.00224. The van der Waals surface area contributed by atoms with Crippen molar-refractivity contribution >= 4 is 5.97 Å². The molecule has 0 fully saturated rings. The van der Waals surface area contributed by atoms with Crippen molar-refractivity contribution in [2.45, 2.75) is 26.3 Å². The van der Waals surface area contributed by atoms with E-state index in [9.17, 15) is 4.79 Å². The fraction of sp³-hybridized carbons (Fsp3) is 0.400. The van der Waals surface area contributed by atoms with E-state index in [0.717, 1.165) is 0 Å². The van der Waals surface area contributed by atoms with Crippen LogP contribution in [-0.2, 0) is 6.54 Å². The zero-order chi connectivity index (χ0) is 12.4. The first kappa shape index (κ1) is 11.3. The Balaban J connectivity index is 2.11. The highest BCUT2D eigenvalue weighted by molar-refractivity contribution is 5.84. The molecule has 2 rings (SSSR count). The van der Waals surface area contributed by atoms with Crippen molar-refractivity contribution in [3.8, 4) is 0 Å². The lowest BCUT2D eigenvalue weighted by Crippen LogP contribution is -2.00. The van der Waals surface area contributed by atoms with E-state index in [1.54, 1.807) is 4.57 Å². The van der Waals surface area contributed by atoms with E-state index in [-0.39, 0.29) is 11.6 Å². The molecule has 1 N–H and O–H groups in total. The second kappa shape index (κ2) is 4.36. The van der Waals surface area contributed by atoms with Crippen LogP contribution in [0.25, 0.3) is 0 Å². The third kappa shape index (κ3) is 2.49. The van der Waals surface area contributed by atoms with Crippen LogP contribution in [0.5, 0.6) is 0 Å². The Labute approximate surface area is 97.1 Å². The standard InChI is InChI=1S/C10H12N4O3/c1-6(2)9-12-8(13-17-9)4-14-3-7(10(15)16)11-5-14/h3,5-6H,4H2,1-2H3,(H,15,16). The SMILES string of the molecule is CC(C)c1nc(Cn2cnc(C(=O)O)c2)no1. The Kier molecular flexibility index (Phi) is 2.90. The maximum atomic E-state index is 10.6. The van der Waals surface area contributed by atoms with E-state index in [2.05, 4.69) is 15.1 Å². The zero-order valence-corrected chi connectivity index (χ0v) is 9.49. The Morgan fingerprint density at radius 1 is 1.59 bits per heavy atom. The molecule has 0 amide bonds. The molecule has 0 radical (unpaired) electrons. The lowest BCUT2D eigenvalue weighted by molar-refractivity contribution is 0.0691. The van der Waals surface area contributed by atoms with Gasteiger partial charge >= 0.3 is 5.97 Å². The molecule has 0 aliphatic heterocycles. The fourth-order valence-electron chi connectivity index (χ4n) is 1.29. The van der Waals surface area contributed by atoms with Gasteiger partial charge in [0.1, 0.15) is 0 Å². The predicted molar refractivity (Wildman–Crippen MR) is 56.7 cm³/mol. The minimum absolute atomic E-state index is 0.00224. The smallest absolute Gasteiger partial charge is 0.356 e. The Morgan fingerprint density at radius 2 is 2.35 bits per heavy atom. The van der Waals surface area contributed by atoms with Gasteiger partial charge in [0.15, 0.2) is 11.5 Å². The van der Waals surface area contributed by atoms with Gasteiger partial charge in [-0.25, -0.2) is 9.78 Å². The molecule has 0 saturated carbocycles. The maximum absolute atomic E-state index is 10.6. The van der Waals surface area contributed by atoms with Crippen LogP contribution in [0.4, 0.5) is 0 Å². The molecule has 0 aliphatic carbocycles. The second-order valence-electron chi connectivity index (χ2n) is 3.94. The summed E-state index contributed by atoms with van der Waals surface area (Å²) >= 11 is 0. The van der Waals surface area contributed by atoms with Gasteiger partial charge in [-0.1, -0.05) is 19.0 Å². The molecular formula is C10H12N4O3. The predicted octanol–water partition coefficient (Wildman–Crippen LogP) is 1.14. The summed E-state index contributed by atoms with van der Waals surface area (Å²) in [4.78, 5) is 18.6. The Bertz CT molecular complexity index is 529. The molecule has 0 aliphatic rings. The number of nitrogens with zero attached hydrogens (tertiary/aromatic N) is 4. The molecule has 0 saturated heterocycles. The number of carbonyl (C=O) groups is 1. The van der Waals surface area contributed by atoms with Crippen LogP contribution >= 0.6 is 0 Å². The largest absolute Gasteiger partial charge is 0.476 e. The second-order valence-corrected chi connectivity index (χ2v) is 3.94. The van der Waals surface area contributed by atoms with Crippen LogP contribution in [0.15, 0.2) is 17.0 Å².